The molecule has 2 bridgehead atoms. The van der Waals surface area contributed by atoms with Crippen LogP contribution in [0, 0.1) is 22.2 Å². The Balaban J connectivity index is 0.000000193. The van der Waals surface area contributed by atoms with Gasteiger partial charge in [-0.15, -0.1) is 0 Å². The zero-order chi connectivity index (χ0) is 43.8. The number of carboxylic acids is 1. The summed E-state index contributed by atoms with van der Waals surface area (Å²) >= 11 is 0. The van der Waals surface area contributed by atoms with Gasteiger partial charge in [-0.2, -0.15) is 31.4 Å². The highest BCUT2D eigenvalue weighted by atomic mass is 19.4. The summed E-state index contributed by atoms with van der Waals surface area (Å²) < 4.78 is 91.4. The van der Waals surface area contributed by atoms with E-state index in [2.05, 4.69) is 15.3 Å². The van der Waals surface area contributed by atoms with E-state index in [1.165, 1.54) is 46.9 Å². The van der Waals surface area contributed by atoms with E-state index < -0.39 is 35.2 Å². The number of aromatic nitrogens is 2. The summed E-state index contributed by atoms with van der Waals surface area (Å²) in [5.41, 5.74) is -2.30. The van der Waals surface area contributed by atoms with Gasteiger partial charge in [0.15, 0.2) is 0 Å². The number of piperidine rings is 1. The Morgan fingerprint density at radius 2 is 1.61 bits per heavy atom. The van der Waals surface area contributed by atoms with E-state index in [1.54, 1.807) is 4.90 Å². The molecule has 2 aromatic rings. The average Bonchev–Trinajstić information content (AvgIpc) is 3.73. The van der Waals surface area contributed by atoms with E-state index in [0.29, 0.717) is 62.7 Å². The predicted molar refractivity (Wildman–Crippen MR) is 206 cm³/mol. The average molecular weight is 869 g/mol. The minimum atomic E-state index is -4.54. The Bertz CT molecular complexity index is 1870. The molecule has 1 aromatic carbocycles. The second kappa shape index (κ2) is 17.5. The third-order valence-electron chi connectivity index (χ3n) is 13.8. The molecule has 2 saturated carbocycles. The van der Waals surface area contributed by atoms with Crippen molar-refractivity contribution in [3.05, 3.63) is 53.3 Å². The quantitative estimate of drug-likeness (QED) is 0.204. The molecule has 3 amide bonds. The second-order valence-corrected chi connectivity index (χ2v) is 18.2. The number of halogens is 6. The highest BCUT2D eigenvalue weighted by Gasteiger charge is 2.71. The second-order valence-electron chi connectivity index (χ2n) is 18.2. The largest absolute Gasteiger partial charge is 0.481 e. The van der Waals surface area contributed by atoms with Crippen molar-refractivity contribution >= 4 is 24.2 Å². The topological polar surface area (TPSA) is 147 Å². The van der Waals surface area contributed by atoms with Gasteiger partial charge in [-0.1, -0.05) is 12.1 Å². The molecule has 9 rings (SSSR count). The third kappa shape index (κ3) is 10.0. The smallest absolute Gasteiger partial charge is 0.416 e. The minimum Gasteiger partial charge on any atom is -0.481 e. The van der Waals surface area contributed by atoms with Crippen LogP contribution < -0.4 is 5.32 Å². The van der Waals surface area contributed by atoms with Crippen LogP contribution >= 0.6 is 0 Å². The lowest BCUT2D eigenvalue weighted by molar-refractivity contribution is -0.204. The number of rotatable bonds is 13. The van der Waals surface area contributed by atoms with Crippen molar-refractivity contribution in [2.45, 2.75) is 102 Å². The first kappa shape index (κ1) is 44.8. The molecule has 1 spiro atoms. The Hall–Kier alpha value is -4.23. The number of carbonyl (C=O) groups is 4. The standard InChI is InChI=1S/C23H22F6N4O2.C19H32N2O5/c24-22(25,26)17-3-1-15(2-4-17)10-33-11-16(9-30-33)18(34)31-8-7-20(12-31)13-32(14-20)19(35)21(5-6-21)23(27,28)29;1-14(25-11-19-6-2-16(3-7-19)26-12-19)17(20-13-22)10-21-8-4-15(5-9-21)18(23)24/h1-4,9,11H,5-8,10,12-14H2;13-17H,2-12H2,1H3,(H,20,22)(H,23,24). The van der Waals surface area contributed by atoms with Crippen LogP contribution in [0.5, 0.6) is 0 Å². The molecule has 7 aliphatic rings. The van der Waals surface area contributed by atoms with Crippen LogP contribution in [0.3, 0.4) is 0 Å². The minimum absolute atomic E-state index is 0.0913. The van der Waals surface area contributed by atoms with Gasteiger partial charge in [0.2, 0.25) is 12.3 Å². The summed E-state index contributed by atoms with van der Waals surface area (Å²) in [7, 11) is 0. The number of carbonyl (C=O) groups excluding carboxylic acids is 3. The zero-order valence-electron chi connectivity index (χ0n) is 34.2. The van der Waals surface area contributed by atoms with Crippen LogP contribution in [-0.4, -0.2) is 137 Å². The summed E-state index contributed by atoms with van der Waals surface area (Å²) in [5, 5.41) is 16.1. The highest BCUT2D eigenvalue weighted by Crippen LogP contribution is 2.60. The van der Waals surface area contributed by atoms with Crippen LogP contribution in [0.2, 0.25) is 0 Å². The molecular weight excluding hydrogens is 814 g/mol. The van der Waals surface area contributed by atoms with Crippen LogP contribution in [0.1, 0.15) is 86.2 Å². The molecule has 5 saturated heterocycles. The Morgan fingerprint density at radius 3 is 2.16 bits per heavy atom. The number of carboxylic acid groups (broad SMARTS) is 1. The van der Waals surface area contributed by atoms with E-state index in [9.17, 15) is 45.5 Å². The molecule has 19 heteroatoms. The molecule has 6 heterocycles. The van der Waals surface area contributed by atoms with Gasteiger partial charge in [-0.05, 0) is 95.5 Å². The van der Waals surface area contributed by atoms with Gasteiger partial charge in [-0.3, -0.25) is 23.9 Å². The maximum atomic E-state index is 13.2. The van der Waals surface area contributed by atoms with E-state index in [1.807, 2.05) is 6.92 Å². The van der Waals surface area contributed by atoms with Crippen LogP contribution in [0.15, 0.2) is 36.7 Å². The highest BCUT2D eigenvalue weighted by molar-refractivity contribution is 5.94. The summed E-state index contributed by atoms with van der Waals surface area (Å²) in [4.78, 5) is 52.6. The Labute approximate surface area is 350 Å². The molecule has 336 valence electrons. The number of fused-ring (bicyclic) bond motifs is 3. The van der Waals surface area contributed by atoms with Crippen molar-refractivity contribution in [3.63, 3.8) is 0 Å². The number of hydrogen-bond acceptors (Lipinski definition) is 8. The van der Waals surface area contributed by atoms with E-state index in [-0.39, 0.29) is 67.3 Å². The number of aliphatic carboxylic acids is 1. The van der Waals surface area contributed by atoms with Gasteiger partial charge < -0.3 is 34.6 Å². The van der Waals surface area contributed by atoms with Crippen molar-refractivity contribution in [1.82, 2.24) is 29.8 Å². The maximum absolute atomic E-state index is 13.2. The molecule has 13 nitrogen and oxygen atoms in total. The van der Waals surface area contributed by atoms with Gasteiger partial charge in [0.05, 0.1) is 61.2 Å². The van der Waals surface area contributed by atoms with Crippen LogP contribution in [-0.2, 0) is 36.6 Å². The fourth-order valence-corrected chi connectivity index (χ4v) is 9.53. The molecular formula is C42H54F6N6O7. The molecule has 5 aliphatic heterocycles. The molecule has 7 fully saturated rings. The fourth-order valence-electron chi connectivity index (χ4n) is 9.53. The Morgan fingerprint density at radius 1 is 0.951 bits per heavy atom. The lowest BCUT2D eigenvalue weighted by Crippen LogP contribution is -2.62. The summed E-state index contributed by atoms with van der Waals surface area (Å²) in [6.07, 6.45) is 1.23. The van der Waals surface area contributed by atoms with Gasteiger partial charge in [0.25, 0.3) is 5.91 Å². The molecule has 0 radical (unpaired) electrons. The number of amides is 3. The molecule has 2 aliphatic carbocycles. The SMILES string of the molecule is CC(OCC12CCC(CC1)OC2)C(CN1CCC(C(=O)O)CC1)NC=O.O=C(c1cnn(Cc2ccc(C(F)(F)F)cc2)c1)N1CCC2(C1)CN(C(=O)C1(C(F)(F)F)CC1)C2. The van der Waals surface area contributed by atoms with Gasteiger partial charge in [0.1, 0.15) is 5.41 Å². The van der Waals surface area contributed by atoms with Crippen molar-refractivity contribution < 1.29 is 60.1 Å². The molecule has 61 heavy (non-hydrogen) atoms. The Kier molecular flexibility index (Phi) is 12.9. The lowest BCUT2D eigenvalue weighted by Gasteiger charge is -2.49. The molecule has 2 N–H and O–H groups in total. The fraction of sp³-hybridized carbons (Fsp3) is 0.690. The predicted octanol–water partition coefficient (Wildman–Crippen LogP) is 5.23. The number of benzene rings is 1. The number of hydrogen-bond donors (Lipinski definition) is 2. The molecule has 1 aromatic heterocycles. The van der Waals surface area contributed by atoms with E-state index in [0.717, 1.165) is 51.1 Å². The normalized spacial score (nSPS) is 25.6. The van der Waals surface area contributed by atoms with E-state index in [4.69, 9.17) is 14.6 Å². The van der Waals surface area contributed by atoms with Crippen molar-refractivity contribution in [2.75, 3.05) is 59.0 Å². The van der Waals surface area contributed by atoms with Crippen LogP contribution in [0.25, 0.3) is 0 Å². The first-order chi connectivity index (χ1) is 28.8. The zero-order valence-corrected chi connectivity index (χ0v) is 34.2. The van der Waals surface area contributed by atoms with Crippen molar-refractivity contribution in [1.29, 1.82) is 0 Å². The van der Waals surface area contributed by atoms with Crippen molar-refractivity contribution in [2.24, 2.45) is 22.2 Å². The summed E-state index contributed by atoms with van der Waals surface area (Å²) in [6, 6.07) is 4.59. The number of nitrogens with zero attached hydrogens (tertiary/aromatic N) is 5. The summed E-state index contributed by atoms with van der Waals surface area (Å²) in [6.45, 7) is 7.05. The maximum Gasteiger partial charge on any atom is 0.416 e. The van der Waals surface area contributed by atoms with Crippen molar-refractivity contribution in [3.8, 4) is 0 Å². The number of likely N-dealkylation sites (tertiary alicyclic amines) is 3. The van der Waals surface area contributed by atoms with Gasteiger partial charge >= 0.3 is 18.3 Å². The van der Waals surface area contributed by atoms with Crippen LogP contribution in [0.4, 0.5) is 26.3 Å². The molecule has 2 atom stereocenters. The number of alkyl halides is 6. The van der Waals surface area contributed by atoms with E-state index >= 15 is 0 Å². The summed E-state index contributed by atoms with van der Waals surface area (Å²) in [5.74, 6) is -2.07. The van der Waals surface area contributed by atoms with Gasteiger partial charge in [0, 0.05) is 49.8 Å². The monoisotopic (exact) mass is 868 g/mol. The third-order valence-corrected chi connectivity index (χ3v) is 13.8. The molecule has 2 unspecified atom stereocenters. The first-order valence-electron chi connectivity index (χ1n) is 21.1. The number of ether oxygens (including phenoxy) is 2. The lowest BCUT2D eigenvalue weighted by atomic mass is 9.72. The number of nitrogens with one attached hydrogen (secondary N) is 1. The van der Waals surface area contributed by atoms with Gasteiger partial charge in [-0.25, -0.2) is 0 Å². The first-order valence-corrected chi connectivity index (χ1v) is 21.1.